The lowest BCUT2D eigenvalue weighted by molar-refractivity contribution is -0.161. The van der Waals surface area contributed by atoms with Crippen LogP contribution in [-0.4, -0.2) is 52.8 Å². The Morgan fingerprint density at radius 3 is 1.44 bits per heavy atom. The largest absolute Gasteiger partial charge is 0.469 e. The first-order chi connectivity index (χ1) is 26.1. The Kier molecular flexibility index (Phi) is 37.7. The number of aliphatic hydroxyl groups excluding tert-OH is 1. The Bertz CT molecular complexity index is 1030. The van der Waals surface area contributed by atoms with Crippen molar-refractivity contribution < 1.29 is 43.0 Å². The van der Waals surface area contributed by atoms with Crippen LogP contribution in [0.5, 0.6) is 0 Å². The van der Waals surface area contributed by atoms with Crippen LogP contribution in [0.1, 0.15) is 187 Å². The van der Waals surface area contributed by atoms with Crippen LogP contribution in [0.2, 0.25) is 0 Å². The van der Waals surface area contributed by atoms with Crippen molar-refractivity contribution in [1.82, 2.24) is 0 Å². The Hall–Kier alpha value is -2.03. The first-order valence-electron chi connectivity index (χ1n) is 21.4. The van der Waals surface area contributed by atoms with Crippen LogP contribution >= 0.6 is 7.82 Å². The number of aliphatic hydroxyl groups is 1. The standard InChI is InChI=1S/C44H79O9P/c1-41(2)35-31-27-23-19-15-11-7-6-9-12-16-20-24-28-32-36-43(46)51-39-42(40-52-54(48,49)50)53-44(47)37-33-29-25-21-17-13-8-4-3-5-10-14-18-22-26-30-34-38-45/h3,5,8,13-14,18,21,25,41-42,45H,4,6-7,9-12,15-17,19-20,22-24,26-40H2,1-2H3,(H2,48,49,50)/b5-3-,13-8-,18-14-,25-21-/t42-/m1/s1. The maximum atomic E-state index is 12.4. The number of phosphoric ester groups is 1. The molecule has 9 nitrogen and oxygen atoms in total. The summed E-state index contributed by atoms with van der Waals surface area (Å²) in [6, 6.07) is 0. The summed E-state index contributed by atoms with van der Waals surface area (Å²) in [4.78, 5) is 42.8. The second-order valence-electron chi connectivity index (χ2n) is 14.9. The second kappa shape index (κ2) is 39.2. The smallest absolute Gasteiger partial charge is 0.462 e. The van der Waals surface area contributed by atoms with E-state index >= 15 is 0 Å². The molecular weight excluding hydrogens is 703 g/mol. The highest BCUT2D eigenvalue weighted by atomic mass is 31.2. The summed E-state index contributed by atoms with van der Waals surface area (Å²) in [7, 11) is -4.78. The van der Waals surface area contributed by atoms with Crippen molar-refractivity contribution in [3.05, 3.63) is 48.6 Å². The molecule has 0 spiro atoms. The van der Waals surface area contributed by atoms with Crippen LogP contribution in [0.15, 0.2) is 48.6 Å². The van der Waals surface area contributed by atoms with Crippen molar-refractivity contribution in [3.8, 4) is 0 Å². The minimum atomic E-state index is -4.78. The molecule has 0 aliphatic carbocycles. The minimum absolute atomic E-state index is 0.126. The highest BCUT2D eigenvalue weighted by Crippen LogP contribution is 2.36. The van der Waals surface area contributed by atoms with E-state index in [2.05, 4.69) is 54.8 Å². The fourth-order valence-electron chi connectivity index (χ4n) is 5.88. The van der Waals surface area contributed by atoms with E-state index < -0.39 is 32.5 Å². The maximum Gasteiger partial charge on any atom is 0.469 e. The molecule has 0 saturated heterocycles. The number of unbranched alkanes of at least 4 members (excludes halogenated alkanes) is 18. The van der Waals surface area contributed by atoms with Gasteiger partial charge in [0.05, 0.1) is 6.61 Å². The molecule has 0 fully saturated rings. The second-order valence-corrected chi connectivity index (χ2v) is 16.1. The number of esters is 2. The molecule has 10 heteroatoms. The molecule has 0 bridgehead atoms. The van der Waals surface area contributed by atoms with Crippen LogP contribution < -0.4 is 0 Å². The van der Waals surface area contributed by atoms with Gasteiger partial charge in [-0.2, -0.15) is 0 Å². The molecule has 0 aromatic rings. The number of phosphoric acid groups is 1. The monoisotopic (exact) mass is 783 g/mol. The van der Waals surface area contributed by atoms with Crippen LogP contribution in [0.25, 0.3) is 0 Å². The zero-order valence-corrected chi connectivity index (χ0v) is 35.1. The summed E-state index contributed by atoms with van der Waals surface area (Å²) in [5.74, 6) is -0.129. The van der Waals surface area contributed by atoms with Crippen LogP contribution in [0.3, 0.4) is 0 Å². The number of allylic oxidation sites excluding steroid dienone is 8. The zero-order valence-electron chi connectivity index (χ0n) is 34.2. The third-order valence-corrected chi connectivity index (χ3v) is 9.57. The van der Waals surface area contributed by atoms with Gasteiger partial charge in [0.15, 0.2) is 6.10 Å². The number of ether oxygens (including phenoxy) is 2. The van der Waals surface area contributed by atoms with Gasteiger partial charge >= 0.3 is 19.8 Å². The average Bonchev–Trinajstić information content (AvgIpc) is 3.13. The van der Waals surface area contributed by atoms with Crippen molar-refractivity contribution in [1.29, 1.82) is 0 Å². The molecule has 0 saturated carbocycles. The predicted molar refractivity (Wildman–Crippen MR) is 222 cm³/mol. The SMILES string of the molecule is CC(C)CCCCCCCCCCCCCCCCCC(=O)OC[C@H](COP(=O)(O)O)OC(=O)CCC/C=C\C/C=C\C/C=C\C/C=C\CCCCCO. The van der Waals surface area contributed by atoms with Gasteiger partial charge in [-0.15, -0.1) is 0 Å². The quantitative estimate of drug-likeness (QED) is 0.0240. The number of hydrogen-bond acceptors (Lipinski definition) is 7. The van der Waals surface area contributed by atoms with Crippen LogP contribution in [0.4, 0.5) is 0 Å². The van der Waals surface area contributed by atoms with E-state index in [1.165, 1.54) is 83.5 Å². The number of carbonyl (C=O) groups excluding carboxylic acids is 2. The highest BCUT2D eigenvalue weighted by molar-refractivity contribution is 7.46. The number of carbonyl (C=O) groups is 2. The molecule has 0 aliphatic heterocycles. The van der Waals surface area contributed by atoms with Crippen LogP contribution in [-0.2, 0) is 28.2 Å². The first-order valence-corrected chi connectivity index (χ1v) is 22.9. The fraction of sp³-hybridized carbons (Fsp3) is 0.773. The van der Waals surface area contributed by atoms with Gasteiger partial charge in [0.2, 0.25) is 0 Å². The van der Waals surface area contributed by atoms with Gasteiger partial charge in [-0.25, -0.2) is 4.57 Å². The fourth-order valence-corrected chi connectivity index (χ4v) is 6.24. The molecule has 3 N–H and O–H groups in total. The minimum Gasteiger partial charge on any atom is -0.462 e. The Labute approximate surface area is 329 Å². The van der Waals surface area contributed by atoms with E-state index in [9.17, 15) is 14.2 Å². The molecule has 0 unspecified atom stereocenters. The van der Waals surface area contributed by atoms with E-state index in [1.807, 2.05) is 12.2 Å². The molecule has 0 aliphatic rings. The summed E-state index contributed by atoms with van der Waals surface area (Å²) >= 11 is 0. The number of rotatable bonds is 39. The summed E-state index contributed by atoms with van der Waals surface area (Å²) in [6.45, 7) is 4.01. The third-order valence-electron chi connectivity index (χ3n) is 9.08. The Morgan fingerprint density at radius 2 is 0.963 bits per heavy atom. The number of hydrogen-bond donors (Lipinski definition) is 3. The van der Waals surface area contributed by atoms with Gasteiger partial charge < -0.3 is 24.4 Å². The molecule has 0 radical (unpaired) electrons. The molecule has 1 atom stereocenters. The van der Waals surface area contributed by atoms with Crippen LogP contribution in [0, 0.1) is 5.92 Å². The lowest BCUT2D eigenvalue weighted by atomic mass is 10.0. The molecule has 0 aromatic carbocycles. The van der Waals surface area contributed by atoms with E-state index in [0.29, 0.717) is 19.3 Å². The van der Waals surface area contributed by atoms with Gasteiger partial charge in [0, 0.05) is 19.4 Å². The van der Waals surface area contributed by atoms with Gasteiger partial charge in [-0.3, -0.25) is 14.1 Å². The Balaban J connectivity index is 3.98. The van der Waals surface area contributed by atoms with E-state index in [-0.39, 0.29) is 26.1 Å². The summed E-state index contributed by atoms with van der Waals surface area (Å²) in [6.07, 6.45) is 44.3. The highest BCUT2D eigenvalue weighted by Gasteiger charge is 2.22. The summed E-state index contributed by atoms with van der Waals surface area (Å²) < 4.78 is 26.3. The lowest BCUT2D eigenvalue weighted by Gasteiger charge is -2.18. The van der Waals surface area contributed by atoms with Crippen molar-refractivity contribution in [2.75, 3.05) is 19.8 Å². The normalized spacial score (nSPS) is 13.0. The molecule has 0 rings (SSSR count). The summed E-state index contributed by atoms with van der Waals surface area (Å²) in [5, 5.41) is 8.78. The van der Waals surface area contributed by atoms with E-state index in [0.717, 1.165) is 63.7 Å². The van der Waals surface area contributed by atoms with Crippen molar-refractivity contribution in [3.63, 3.8) is 0 Å². The molecule has 54 heavy (non-hydrogen) atoms. The molecule has 0 heterocycles. The Morgan fingerprint density at radius 1 is 0.537 bits per heavy atom. The van der Waals surface area contributed by atoms with Gasteiger partial charge in [-0.05, 0) is 63.7 Å². The van der Waals surface area contributed by atoms with Gasteiger partial charge in [-0.1, -0.05) is 165 Å². The average molecular weight is 783 g/mol. The molecule has 0 amide bonds. The lowest BCUT2D eigenvalue weighted by Crippen LogP contribution is -2.29. The van der Waals surface area contributed by atoms with Gasteiger partial charge in [0.1, 0.15) is 6.61 Å². The molecule has 314 valence electrons. The van der Waals surface area contributed by atoms with Crippen molar-refractivity contribution in [2.24, 2.45) is 5.92 Å². The first kappa shape index (κ1) is 52.0. The van der Waals surface area contributed by atoms with E-state index in [1.54, 1.807) is 0 Å². The van der Waals surface area contributed by atoms with Crippen molar-refractivity contribution in [2.45, 2.75) is 193 Å². The van der Waals surface area contributed by atoms with Gasteiger partial charge in [0.25, 0.3) is 0 Å². The van der Waals surface area contributed by atoms with E-state index in [4.69, 9.17) is 24.4 Å². The zero-order chi connectivity index (χ0) is 39.8. The van der Waals surface area contributed by atoms with Crippen molar-refractivity contribution >= 4 is 19.8 Å². The molecular formula is C44H79O9P. The topological polar surface area (TPSA) is 140 Å². The summed E-state index contributed by atoms with van der Waals surface area (Å²) in [5.41, 5.74) is 0. The third kappa shape index (κ3) is 42.7. The predicted octanol–water partition coefficient (Wildman–Crippen LogP) is 12.0. The maximum absolute atomic E-state index is 12.4. The molecule has 0 aromatic heterocycles.